The van der Waals surface area contributed by atoms with Crippen LogP contribution in [0.1, 0.15) is 55.2 Å². The van der Waals surface area contributed by atoms with Crippen LogP contribution in [0.4, 0.5) is 0 Å². The molecule has 1 saturated carbocycles. The molecule has 0 spiro atoms. The molecule has 0 unspecified atom stereocenters. The predicted molar refractivity (Wildman–Crippen MR) is 151 cm³/mol. The third-order valence-corrected chi connectivity index (χ3v) is 8.69. The largest absolute Gasteiger partial charge is 0.506 e. The van der Waals surface area contributed by atoms with E-state index in [9.17, 15) is 14.7 Å². The smallest absolute Gasteiger partial charge is 0.305 e. The van der Waals surface area contributed by atoms with E-state index in [1.54, 1.807) is 6.07 Å². The zero-order valence-corrected chi connectivity index (χ0v) is 22.7. The van der Waals surface area contributed by atoms with E-state index in [2.05, 4.69) is 46.0 Å². The Morgan fingerprint density at radius 2 is 1.76 bits per heavy atom. The number of benzene rings is 2. The Kier molecular flexibility index (Phi) is 9.77. The SMILES string of the molecule is Cc1ccccc1CCN(CCC(N)=O)CCN(CCc1ccc(O)c2[nH]c(=O)sc12)C1CCCCC1. The van der Waals surface area contributed by atoms with E-state index < -0.39 is 0 Å². The molecule has 0 saturated heterocycles. The Labute approximate surface area is 223 Å². The van der Waals surface area contributed by atoms with Crippen molar-refractivity contribution < 1.29 is 9.90 Å². The van der Waals surface area contributed by atoms with Gasteiger partial charge in [-0.2, -0.15) is 0 Å². The van der Waals surface area contributed by atoms with Gasteiger partial charge in [0.2, 0.25) is 5.91 Å². The Morgan fingerprint density at radius 3 is 2.51 bits per heavy atom. The molecule has 2 aromatic carbocycles. The van der Waals surface area contributed by atoms with Crippen molar-refractivity contribution in [3.8, 4) is 5.75 Å². The fourth-order valence-electron chi connectivity index (χ4n) is 5.50. The summed E-state index contributed by atoms with van der Waals surface area (Å²) in [6.07, 6.45) is 8.42. The van der Waals surface area contributed by atoms with E-state index in [1.165, 1.54) is 54.6 Å². The quantitative estimate of drug-likeness (QED) is 0.311. The lowest BCUT2D eigenvalue weighted by molar-refractivity contribution is -0.118. The molecule has 8 heteroatoms. The first kappa shape index (κ1) is 27.4. The number of hydrogen-bond donors (Lipinski definition) is 3. The fourth-order valence-corrected chi connectivity index (χ4v) is 6.40. The van der Waals surface area contributed by atoms with Crippen molar-refractivity contribution >= 4 is 27.5 Å². The highest BCUT2D eigenvalue weighted by Crippen LogP contribution is 2.29. The van der Waals surface area contributed by atoms with Crippen molar-refractivity contribution in [2.45, 2.75) is 64.3 Å². The van der Waals surface area contributed by atoms with Gasteiger partial charge in [-0.05, 0) is 55.4 Å². The summed E-state index contributed by atoms with van der Waals surface area (Å²) in [4.78, 5) is 31.1. The van der Waals surface area contributed by atoms with Crippen LogP contribution in [0.25, 0.3) is 10.2 Å². The second kappa shape index (κ2) is 13.2. The molecule has 1 aliphatic rings. The molecule has 1 aliphatic carbocycles. The molecule has 4 N–H and O–H groups in total. The zero-order chi connectivity index (χ0) is 26.2. The number of carbonyl (C=O) groups is 1. The highest BCUT2D eigenvalue weighted by molar-refractivity contribution is 7.16. The first-order valence-corrected chi connectivity index (χ1v) is 14.3. The van der Waals surface area contributed by atoms with Gasteiger partial charge in [0.05, 0.1) is 4.70 Å². The minimum absolute atomic E-state index is 0.125. The summed E-state index contributed by atoms with van der Waals surface area (Å²) in [6.45, 7) is 6.44. The van der Waals surface area contributed by atoms with Gasteiger partial charge in [-0.25, -0.2) is 0 Å². The van der Waals surface area contributed by atoms with Gasteiger partial charge in [0.1, 0.15) is 11.3 Å². The van der Waals surface area contributed by atoms with Crippen molar-refractivity contribution in [2.75, 3.05) is 32.7 Å². The van der Waals surface area contributed by atoms with E-state index in [-0.39, 0.29) is 16.5 Å². The van der Waals surface area contributed by atoms with Gasteiger partial charge in [0.25, 0.3) is 0 Å². The lowest BCUT2D eigenvalue weighted by Gasteiger charge is -2.36. The summed E-state index contributed by atoms with van der Waals surface area (Å²) in [5.74, 6) is -0.133. The molecule has 3 aromatic rings. The van der Waals surface area contributed by atoms with E-state index in [0.29, 0.717) is 24.5 Å². The molecule has 7 nitrogen and oxygen atoms in total. The number of thiazole rings is 1. The molecular formula is C29H40N4O3S. The number of nitrogens with two attached hydrogens (primary N) is 1. The van der Waals surface area contributed by atoms with E-state index >= 15 is 0 Å². The second-order valence-electron chi connectivity index (χ2n) is 10.3. The third-order valence-electron chi connectivity index (χ3n) is 7.74. The number of aromatic hydroxyl groups is 1. The van der Waals surface area contributed by atoms with Crippen molar-refractivity contribution in [1.29, 1.82) is 0 Å². The molecule has 0 bridgehead atoms. The molecule has 1 aromatic heterocycles. The number of nitrogens with one attached hydrogen (secondary N) is 1. The van der Waals surface area contributed by atoms with Gasteiger partial charge in [0, 0.05) is 45.2 Å². The maximum absolute atomic E-state index is 12.0. The number of carbonyl (C=O) groups excluding carboxylic acids is 1. The standard InChI is InChI=1S/C29H40N4O3S/c1-21-7-5-6-8-22(21)13-16-32(17-15-26(30)35)19-20-33(24-9-3-2-4-10-24)18-14-23-11-12-25(34)27-28(23)37-29(36)31-27/h5-8,11-12,24,34H,2-4,9-10,13-20H2,1H3,(H2,30,35)(H,31,36). The van der Waals surface area contributed by atoms with Gasteiger partial charge < -0.3 is 20.7 Å². The fraction of sp³-hybridized carbons (Fsp3) is 0.517. The van der Waals surface area contributed by atoms with Crippen LogP contribution in [0.5, 0.6) is 5.75 Å². The Morgan fingerprint density at radius 1 is 1.00 bits per heavy atom. The highest BCUT2D eigenvalue weighted by Gasteiger charge is 2.22. The highest BCUT2D eigenvalue weighted by atomic mass is 32.1. The Bertz CT molecular complexity index is 1230. The number of aryl methyl sites for hydroxylation is 1. The average Bonchev–Trinajstić information content (AvgIpc) is 3.30. The summed E-state index contributed by atoms with van der Waals surface area (Å²) in [5.41, 5.74) is 9.79. The molecule has 1 heterocycles. The normalized spacial score (nSPS) is 14.7. The molecule has 0 radical (unpaired) electrons. The Hall–Kier alpha value is -2.68. The van der Waals surface area contributed by atoms with Crippen LogP contribution in [0, 0.1) is 6.92 Å². The second-order valence-corrected chi connectivity index (χ2v) is 11.3. The predicted octanol–water partition coefficient (Wildman–Crippen LogP) is 4.20. The van der Waals surface area contributed by atoms with Crippen LogP contribution < -0.4 is 10.6 Å². The van der Waals surface area contributed by atoms with Crippen LogP contribution in [0.15, 0.2) is 41.2 Å². The number of H-pyrrole nitrogens is 1. The van der Waals surface area contributed by atoms with Gasteiger partial charge in [-0.15, -0.1) is 0 Å². The van der Waals surface area contributed by atoms with E-state index in [1.807, 2.05) is 6.07 Å². The van der Waals surface area contributed by atoms with Crippen molar-refractivity contribution in [2.24, 2.45) is 5.73 Å². The lowest BCUT2D eigenvalue weighted by Crippen LogP contribution is -2.44. The van der Waals surface area contributed by atoms with Gasteiger partial charge in [-0.3, -0.25) is 14.5 Å². The number of amides is 1. The number of rotatable bonds is 13. The molecular weight excluding hydrogens is 484 g/mol. The average molecular weight is 525 g/mol. The van der Waals surface area contributed by atoms with Crippen LogP contribution >= 0.6 is 11.3 Å². The van der Waals surface area contributed by atoms with Crippen LogP contribution in [0.2, 0.25) is 0 Å². The van der Waals surface area contributed by atoms with Gasteiger partial charge in [-0.1, -0.05) is 60.9 Å². The summed E-state index contributed by atoms with van der Waals surface area (Å²) in [5, 5.41) is 10.2. The summed E-state index contributed by atoms with van der Waals surface area (Å²) in [6, 6.07) is 12.7. The molecule has 0 atom stereocenters. The molecule has 4 rings (SSSR count). The van der Waals surface area contributed by atoms with Gasteiger partial charge in [0.15, 0.2) is 0 Å². The van der Waals surface area contributed by atoms with Gasteiger partial charge >= 0.3 is 4.87 Å². The number of nitrogens with zero attached hydrogens (tertiary/aromatic N) is 2. The number of aromatic nitrogens is 1. The number of fused-ring (bicyclic) bond motifs is 1. The topological polar surface area (TPSA) is 103 Å². The first-order chi connectivity index (χ1) is 17.9. The number of aromatic amines is 1. The molecule has 0 aliphatic heterocycles. The number of phenolic OH excluding ortho intramolecular Hbond substituents is 1. The first-order valence-electron chi connectivity index (χ1n) is 13.5. The maximum Gasteiger partial charge on any atom is 0.305 e. The molecule has 200 valence electrons. The minimum Gasteiger partial charge on any atom is -0.506 e. The number of primary amides is 1. The van der Waals surface area contributed by atoms with Crippen molar-refractivity contribution in [1.82, 2.24) is 14.8 Å². The third kappa shape index (κ3) is 7.66. The summed E-state index contributed by atoms with van der Waals surface area (Å²) < 4.78 is 0.856. The number of hydrogen-bond acceptors (Lipinski definition) is 6. The van der Waals surface area contributed by atoms with E-state index in [0.717, 1.165) is 49.3 Å². The molecule has 37 heavy (non-hydrogen) atoms. The Balaban J connectivity index is 1.44. The lowest BCUT2D eigenvalue weighted by atomic mass is 9.93. The summed E-state index contributed by atoms with van der Waals surface area (Å²) >= 11 is 1.17. The summed E-state index contributed by atoms with van der Waals surface area (Å²) in [7, 11) is 0. The van der Waals surface area contributed by atoms with Crippen LogP contribution in [-0.4, -0.2) is 64.6 Å². The zero-order valence-electron chi connectivity index (χ0n) is 21.9. The van der Waals surface area contributed by atoms with E-state index in [4.69, 9.17) is 5.73 Å². The molecule has 1 fully saturated rings. The van der Waals surface area contributed by atoms with Crippen molar-refractivity contribution in [3.63, 3.8) is 0 Å². The monoisotopic (exact) mass is 524 g/mol. The van der Waals surface area contributed by atoms with Crippen molar-refractivity contribution in [3.05, 3.63) is 62.8 Å². The van der Waals surface area contributed by atoms with Crippen LogP contribution in [0.3, 0.4) is 0 Å². The maximum atomic E-state index is 12.0. The minimum atomic E-state index is -0.258. The molecule has 1 amide bonds. The van der Waals surface area contributed by atoms with Crippen LogP contribution in [-0.2, 0) is 17.6 Å². The number of phenols is 1.